The number of hydrogen-bond acceptors (Lipinski definition) is 7. The van der Waals surface area contributed by atoms with Gasteiger partial charge in [-0.3, -0.25) is 4.68 Å². The zero-order valence-corrected chi connectivity index (χ0v) is 18.0. The summed E-state index contributed by atoms with van der Waals surface area (Å²) < 4.78 is 35.0. The van der Waals surface area contributed by atoms with Gasteiger partial charge in [-0.2, -0.15) is 5.10 Å². The Balaban J connectivity index is 1.64. The predicted molar refractivity (Wildman–Crippen MR) is 121 cm³/mol. The van der Waals surface area contributed by atoms with Crippen molar-refractivity contribution in [1.82, 2.24) is 24.7 Å². The Morgan fingerprint density at radius 3 is 2.72 bits per heavy atom. The van der Waals surface area contributed by atoms with Gasteiger partial charge in [0.05, 0.1) is 32.8 Å². The first-order chi connectivity index (χ1) is 15.5. The molecule has 7 nitrogen and oxygen atoms in total. The quantitative estimate of drug-likeness (QED) is 0.371. The lowest BCUT2D eigenvalue weighted by Gasteiger charge is -2.18. The number of benzene rings is 2. The van der Waals surface area contributed by atoms with Crippen molar-refractivity contribution in [1.29, 1.82) is 0 Å². The van der Waals surface area contributed by atoms with Gasteiger partial charge in [0.1, 0.15) is 17.9 Å². The molecule has 1 atom stereocenters. The van der Waals surface area contributed by atoms with Crippen LogP contribution in [0.1, 0.15) is 6.92 Å². The average molecular weight is 452 g/mol. The molecule has 0 aliphatic heterocycles. The Labute approximate surface area is 185 Å². The lowest BCUT2D eigenvalue weighted by molar-refractivity contribution is 0.0234. The third-order valence-electron chi connectivity index (χ3n) is 5.00. The van der Waals surface area contributed by atoms with Crippen molar-refractivity contribution < 1.29 is 13.5 Å². The Hall–Kier alpha value is -3.66. The second kappa shape index (κ2) is 8.12. The van der Waals surface area contributed by atoms with E-state index in [2.05, 4.69) is 25.4 Å². The van der Waals surface area contributed by atoms with E-state index in [0.717, 1.165) is 27.0 Å². The van der Waals surface area contributed by atoms with E-state index in [9.17, 15) is 8.78 Å². The molecule has 0 fully saturated rings. The molecule has 0 radical (unpaired) electrons. The van der Waals surface area contributed by atoms with Gasteiger partial charge in [-0.25, -0.2) is 23.7 Å². The molecule has 0 saturated carbocycles. The maximum absolute atomic E-state index is 13.3. The minimum Gasteiger partial charge on any atom is -0.484 e. The Kier molecular flexibility index (Phi) is 5.14. The minimum atomic E-state index is -2.64. The first-order valence-electron chi connectivity index (χ1n) is 9.81. The zero-order chi connectivity index (χ0) is 22.2. The molecule has 0 saturated heterocycles. The Bertz CT molecular complexity index is 1420. The largest absolute Gasteiger partial charge is 0.484 e. The van der Waals surface area contributed by atoms with Crippen molar-refractivity contribution >= 4 is 44.0 Å². The van der Waals surface area contributed by atoms with Crippen molar-refractivity contribution in [2.45, 2.75) is 19.5 Å². The SMILES string of the molecule is C[C@@H](Oc1cc(-c2cnn(C)c2)cc2ncnc(Nc3ccc4ncsc4c3)c12)C(F)F. The van der Waals surface area contributed by atoms with Gasteiger partial charge in [-0.1, -0.05) is 0 Å². The van der Waals surface area contributed by atoms with Crippen LogP contribution in [0.25, 0.3) is 32.2 Å². The number of fused-ring (bicyclic) bond motifs is 2. The highest BCUT2D eigenvalue weighted by Gasteiger charge is 2.21. The van der Waals surface area contributed by atoms with Crippen LogP contribution in [0.4, 0.5) is 20.3 Å². The standard InChI is InChI=1S/C22H18F2N6OS/c1-12(21(23)24)31-18-6-13(14-8-28-30(2)9-14)5-17-20(18)22(26-10-25-17)29-15-3-4-16-19(7-15)32-11-27-16/h3-12,21H,1-2H3,(H,25,26,29)/t12-/m1/s1. The van der Waals surface area contributed by atoms with Crippen molar-refractivity contribution in [3.05, 3.63) is 54.6 Å². The van der Waals surface area contributed by atoms with E-state index in [1.54, 1.807) is 22.5 Å². The van der Waals surface area contributed by atoms with Crippen molar-refractivity contribution in [3.63, 3.8) is 0 Å². The lowest BCUT2D eigenvalue weighted by Crippen LogP contribution is -2.21. The number of halogens is 2. The van der Waals surface area contributed by atoms with E-state index in [1.807, 2.05) is 37.5 Å². The molecule has 5 rings (SSSR count). The first kappa shape index (κ1) is 20.3. The van der Waals surface area contributed by atoms with Gasteiger partial charge in [0.25, 0.3) is 6.43 Å². The number of aromatic nitrogens is 5. The second-order valence-corrected chi connectivity index (χ2v) is 8.20. The molecule has 0 unspecified atom stereocenters. The predicted octanol–water partition coefficient (Wildman–Crippen LogP) is 5.42. The molecule has 0 amide bonds. The van der Waals surface area contributed by atoms with E-state index in [1.165, 1.54) is 24.6 Å². The molecule has 2 aromatic carbocycles. The molecule has 5 aromatic rings. The van der Waals surface area contributed by atoms with Gasteiger partial charge in [-0.05, 0) is 42.8 Å². The monoisotopic (exact) mass is 452 g/mol. The number of ether oxygens (including phenoxy) is 1. The first-order valence-corrected chi connectivity index (χ1v) is 10.7. The molecule has 32 heavy (non-hydrogen) atoms. The van der Waals surface area contributed by atoms with Crippen LogP contribution in [0.5, 0.6) is 5.75 Å². The van der Waals surface area contributed by atoms with E-state index in [0.29, 0.717) is 16.7 Å². The smallest absolute Gasteiger partial charge is 0.274 e. The molecule has 0 spiro atoms. The average Bonchev–Trinajstić information content (AvgIpc) is 3.42. The zero-order valence-electron chi connectivity index (χ0n) is 17.2. The third kappa shape index (κ3) is 3.84. The summed E-state index contributed by atoms with van der Waals surface area (Å²) in [6.07, 6.45) is 1.03. The highest BCUT2D eigenvalue weighted by molar-refractivity contribution is 7.16. The number of hydrogen-bond donors (Lipinski definition) is 1. The Morgan fingerprint density at radius 2 is 1.94 bits per heavy atom. The number of aryl methyl sites for hydroxylation is 1. The summed E-state index contributed by atoms with van der Waals surface area (Å²) in [5, 5.41) is 8.00. The summed E-state index contributed by atoms with van der Waals surface area (Å²) in [5.74, 6) is 0.740. The van der Waals surface area contributed by atoms with Crippen molar-refractivity contribution in [3.8, 4) is 16.9 Å². The van der Waals surface area contributed by atoms with E-state index < -0.39 is 12.5 Å². The summed E-state index contributed by atoms with van der Waals surface area (Å²) >= 11 is 1.53. The highest BCUT2D eigenvalue weighted by Crippen LogP contribution is 2.37. The van der Waals surface area contributed by atoms with Gasteiger partial charge in [0.15, 0.2) is 6.10 Å². The minimum absolute atomic E-state index is 0.274. The van der Waals surface area contributed by atoms with Crippen LogP contribution in [-0.2, 0) is 7.05 Å². The van der Waals surface area contributed by atoms with Crippen LogP contribution < -0.4 is 10.1 Å². The van der Waals surface area contributed by atoms with E-state index in [-0.39, 0.29) is 5.75 Å². The summed E-state index contributed by atoms with van der Waals surface area (Å²) in [6, 6.07) is 9.36. The van der Waals surface area contributed by atoms with Crippen LogP contribution >= 0.6 is 11.3 Å². The van der Waals surface area contributed by atoms with Crippen LogP contribution in [-0.4, -0.2) is 37.3 Å². The highest BCUT2D eigenvalue weighted by atomic mass is 32.1. The van der Waals surface area contributed by atoms with Gasteiger partial charge in [0, 0.05) is 24.5 Å². The topological polar surface area (TPSA) is 77.8 Å². The molecule has 3 aromatic heterocycles. The number of alkyl halides is 2. The number of nitrogens with one attached hydrogen (secondary N) is 1. The maximum atomic E-state index is 13.3. The van der Waals surface area contributed by atoms with E-state index >= 15 is 0 Å². The van der Waals surface area contributed by atoms with Gasteiger partial charge >= 0.3 is 0 Å². The van der Waals surface area contributed by atoms with Crippen LogP contribution in [0.3, 0.4) is 0 Å². The van der Waals surface area contributed by atoms with Gasteiger partial charge in [-0.15, -0.1) is 11.3 Å². The van der Waals surface area contributed by atoms with Gasteiger partial charge < -0.3 is 10.1 Å². The fourth-order valence-electron chi connectivity index (χ4n) is 3.40. The molecule has 1 N–H and O–H groups in total. The summed E-state index contributed by atoms with van der Waals surface area (Å²) in [5.41, 5.74) is 5.64. The lowest BCUT2D eigenvalue weighted by atomic mass is 10.1. The fraction of sp³-hybridized carbons (Fsp3) is 0.182. The number of thiazole rings is 1. The number of anilines is 2. The molecule has 162 valence electrons. The van der Waals surface area contributed by atoms with Crippen LogP contribution in [0.15, 0.2) is 54.6 Å². The summed E-state index contributed by atoms with van der Waals surface area (Å²) in [7, 11) is 1.81. The molecule has 0 aliphatic carbocycles. The van der Waals surface area contributed by atoms with Crippen LogP contribution in [0, 0.1) is 0 Å². The fourth-order valence-corrected chi connectivity index (χ4v) is 4.12. The normalized spacial score (nSPS) is 12.5. The summed E-state index contributed by atoms with van der Waals surface area (Å²) in [6.45, 7) is 1.34. The van der Waals surface area contributed by atoms with Crippen molar-refractivity contribution in [2.24, 2.45) is 7.05 Å². The Morgan fingerprint density at radius 1 is 1.06 bits per heavy atom. The molecule has 0 bridgehead atoms. The molecular formula is C22H18F2N6OS. The second-order valence-electron chi connectivity index (χ2n) is 7.31. The van der Waals surface area contributed by atoms with E-state index in [4.69, 9.17) is 4.74 Å². The molecule has 10 heteroatoms. The molecular weight excluding hydrogens is 434 g/mol. The summed E-state index contributed by atoms with van der Waals surface area (Å²) in [4.78, 5) is 13.0. The van der Waals surface area contributed by atoms with Crippen LogP contribution in [0.2, 0.25) is 0 Å². The maximum Gasteiger partial charge on any atom is 0.274 e. The number of rotatable bonds is 6. The number of nitrogens with zero attached hydrogens (tertiary/aromatic N) is 5. The van der Waals surface area contributed by atoms with Gasteiger partial charge in [0.2, 0.25) is 0 Å². The third-order valence-corrected chi connectivity index (χ3v) is 5.79. The molecule has 3 heterocycles. The molecule has 0 aliphatic rings. The van der Waals surface area contributed by atoms with Crippen molar-refractivity contribution in [2.75, 3.05) is 5.32 Å².